The monoisotopic (exact) mass is 418 g/mol. The molecule has 156 valence electrons. The van der Waals surface area contributed by atoms with Crippen molar-refractivity contribution in [1.82, 2.24) is 16.0 Å². The average Bonchev–Trinajstić information content (AvgIpc) is 2.74. The van der Waals surface area contributed by atoms with E-state index in [1.807, 2.05) is 43.3 Å². The third-order valence-corrected chi connectivity index (χ3v) is 4.27. The van der Waals surface area contributed by atoms with Gasteiger partial charge in [-0.25, -0.2) is 0 Å². The number of hydrogen-bond donors (Lipinski definition) is 3. The zero-order chi connectivity index (χ0) is 21.1. The topological polar surface area (TPSA) is 84.0 Å². The summed E-state index contributed by atoms with van der Waals surface area (Å²) in [4.78, 5) is 15.8. The lowest BCUT2D eigenvalue weighted by Gasteiger charge is -2.14. The normalized spacial score (nSPS) is 11.0. The minimum atomic E-state index is -0.171. The van der Waals surface area contributed by atoms with E-state index in [1.165, 1.54) is 0 Å². The molecule has 0 atom stereocenters. The van der Waals surface area contributed by atoms with Crippen LogP contribution in [0.1, 0.15) is 18.1 Å². The lowest BCUT2D eigenvalue weighted by atomic mass is 10.2. The Bertz CT molecular complexity index is 825. The van der Waals surface area contributed by atoms with Crippen LogP contribution < -0.4 is 25.4 Å². The Hall–Kier alpha value is -2.93. The highest BCUT2D eigenvalue weighted by Gasteiger charge is 2.09. The number of methoxy groups -OCH3 is 1. The zero-order valence-electron chi connectivity index (χ0n) is 16.9. The van der Waals surface area contributed by atoms with Crippen molar-refractivity contribution in [1.29, 1.82) is 0 Å². The summed E-state index contributed by atoms with van der Waals surface area (Å²) in [6, 6.07) is 13.2. The van der Waals surface area contributed by atoms with Crippen molar-refractivity contribution in [3.8, 4) is 11.5 Å². The second kappa shape index (κ2) is 11.8. The third kappa shape index (κ3) is 7.54. The molecule has 2 rings (SSSR count). The number of carbonyl (C=O) groups excluding carboxylic acids is 1. The maximum Gasteiger partial charge on any atom is 0.257 e. The summed E-state index contributed by atoms with van der Waals surface area (Å²) in [5.74, 6) is 1.59. The SMILES string of the molecule is CCNC(=O)COc1ccc(CNC(=NC)NCc2ccc(Cl)cc2)cc1OC. The van der Waals surface area contributed by atoms with Gasteiger partial charge < -0.3 is 25.4 Å². The predicted molar refractivity (Wildman–Crippen MR) is 116 cm³/mol. The molecule has 0 saturated heterocycles. The fourth-order valence-corrected chi connectivity index (χ4v) is 2.65. The number of nitrogens with one attached hydrogen (secondary N) is 3. The number of hydrogen-bond acceptors (Lipinski definition) is 4. The summed E-state index contributed by atoms with van der Waals surface area (Å²) >= 11 is 5.91. The van der Waals surface area contributed by atoms with E-state index in [4.69, 9.17) is 21.1 Å². The van der Waals surface area contributed by atoms with Gasteiger partial charge in [0.15, 0.2) is 24.1 Å². The van der Waals surface area contributed by atoms with Gasteiger partial charge >= 0.3 is 0 Å². The number of carbonyl (C=O) groups is 1. The largest absolute Gasteiger partial charge is 0.493 e. The van der Waals surface area contributed by atoms with Gasteiger partial charge in [0.05, 0.1) is 7.11 Å². The Balaban J connectivity index is 1.89. The Morgan fingerprint density at radius 3 is 2.28 bits per heavy atom. The first kappa shape index (κ1) is 22.4. The van der Waals surface area contributed by atoms with E-state index in [1.54, 1.807) is 20.2 Å². The fourth-order valence-electron chi connectivity index (χ4n) is 2.53. The molecule has 0 fully saturated rings. The molecule has 29 heavy (non-hydrogen) atoms. The molecule has 8 heteroatoms. The van der Waals surface area contributed by atoms with Crippen molar-refractivity contribution < 1.29 is 14.3 Å². The van der Waals surface area contributed by atoms with Crippen LogP contribution in [-0.2, 0) is 17.9 Å². The van der Waals surface area contributed by atoms with Gasteiger partial charge in [-0.1, -0.05) is 29.8 Å². The van der Waals surface area contributed by atoms with E-state index in [2.05, 4.69) is 20.9 Å². The molecule has 0 aliphatic heterocycles. The second-order valence-electron chi connectivity index (χ2n) is 6.13. The summed E-state index contributed by atoms with van der Waals surface area (Å²) in [5.41, 5.74) is 2.09. The Morgan fingerprint density at radius 1 is 1.00 bits per heavy atom. The Labute approximate surface area is 176 Å². The maximum atomic E-state index is 11.6. The van der Waals surface area contributed by atoms with Crippen molar-refractivity contribution in [3.05, 3.63) is 58.6 Å². The highest BCUT2D eigenvalue weighted by molar-refractivity contribution is 6.30. The Morgan fingerprint density at radius 2 is 1.66 bits per heavy atom. The third-order valence-electron chi connectivity index (χ3n) is 4.02. The molecule has 2 aromatic rings. The highest BCUT2D eigenvalue weighted by atomic mass is 35.5. The van der Waals surface area contributed by atoms with Crippen LogP contribution in [0.25, 0.3) is 0 Å². The number of guanidine groups is 1. The molecule has 0 bridgehead atoms. The van der Waals surface area contributed by atoms with Gasteiger partial charge in [-0.3, -0.25) is 9.79 Å². The summed E-state index contributed by atoms with van der Waals surface area (Å²) < 4.78 is 10.9. The first-order chi connectivity index (χ1) is 14.0. The van der Waals surface area contributed by atoms with Crippen LogP contribution in [0.4, 0.5) is 0 Å². The highest BCUT2D eigenvalue weighted by Crippen LogP contribution is 2.28. The zero-order valence-corrected chi connectivity index (χ0v) is 17.7. The van der Waals surface area contributed by atoms with E-state index < -0.39 is 0 Å². The van der Waals surface area contributed by atoms with Gasteiger partial charge in [0, 0.05) is 31.7 Å². The molecule has 0 radical (unpaired) electrons. The molecule has 0 spiro atoms. The molecule has 0 unspecified atom stereocenters. The molecule has 0 heterocycles. The van der Waals surface area contributed by atoms with Crippen LogP contribution in [0.15, 0.2) is 47.5 Å². The van der Waals surface area contributed by atoms with Crippen molar-refractivity contribution in [2.45, 2.75) is 20.0 Å². The van der Waals surface area contributed by atoms with Crippen LogP contribution in [-0.4, -0.2) is 39.2 Å². The first-order valence-corrected chi connectivity index (χ1v) is 9.68. The van der Waals surface area contributed by atoms with Crippen molar-refractivity contribution in [2.75, 3.05) is 27.3 Å². The molecule has 0 aliphatic rings. The van der Waals surface area contributed by atoms with Gasteiger partial charge in [-0.15, -0.1) is 0 Å². The van der Waals surface area contributed by atoms with Crippen molar-refractivity contribution in [3.63, 3.8) is 0 Å². The van der Waals surface area contributed by atoms with Crippen molar-refractivity contribution >= 4 is 23.5 Å². The maximum absolute atomic E-state index is 11.6. The molecular weight excluding hydrogens is 392 g/mol. The quantitative estimate of drug-likeness (QED) is 0.430. The van der Waals surface area contributed by atoms with Crippen molar-refractivity contribution in [2.24, 2.45) is 4.99 Å². The molecule has 0 saturated carbocycles. The minimum Gasteiger partial charge on any atom is -0.493 e. The average molecular weight is 419 g/mol. The van der Waals surface area contributed by atoms with Crippen LogP contribution in [0.2, 0.25) is 5.02 Å². The van der Waals surface area contributed by atoms with Gasteiger partial charge in [0.2, 0.25) is 0 Å². The van der Waals surface area contributed by atoms with Crippen LogP contribution >= 0.6 is 11.6 Å². The number of amides is 1. The predicted octanol–water partition coefficient (Wildman–Crippen LogP) is 2.73. The molecule has 0 aromatic heterocycles. The molecule has 0 aliphatic carbocycles. The molecular formula is C21H27ClN4O3. The molecule has 1 amide bonds. The Kier molecular flexibility index (Phi) is 9.11. The van der Waals surface area contributed by atoms with E-state index in [0.717, 1.165) is 11.1 Å². The van der Waals surface area contributed by atoms with Gasteiger partial charge in [0.25, 0.3) is 5.91 Å². The van der Waals surface area contributed by atoms with Crippen LogP contribution in [0.3, 0.4) is 0 Å². The van der Waals surface area contributed by atoms with Crippen LogP contribution in [0, 0.1) is 0 Å². The lowest BCUT2D eigenvalue weighted by molar-refractivity contribution is -0.123. The number of rotatable bonds is 9. The summed E-state index contributed by atoms with van der Waals surface area (Å²) in [6.07, 6.45) is 0. The fraction of sp³-hybridized carbons (Fsp3) is 0.333. The standard InChI is InChI=1S/C21H27ClN4O3/c1-4-24-20(27)14-29-18-10-7-16(11-19(18)28-3)13-26-21(23-2)25-12-15-5-8-17(22)9-6-15/h5-11H,4,12-14H2,1-3H3,(H,24,27)(H2,23,25,26). The minimum absolute atomic E-state index is 0.0525. The summed E-state index contributed by atoms with van der Waals surface area (Å²) in [6.45, 7) is 3.55. The number of nitrogens with zero attached hydrogens (tertiary/aromatic N) is 1. The number of halogens is 1. The van der Waals surface area contributed by atoms with E-state index in [-0.39, 0.29) is 12.5 Å². The first-order valence-electron chi connectivity index (χ1n) is 9.31. The summed E-state index contributed by atoms with van der Waals surface area (Å²) in [7, 11) is 3.29. The molecule has 7 nitrogen and oxygen atoms in total. The smallest absolute Gasteiger partial charge is 0.257 e. The van der Waals surface area contributed by atoms with Gasteiger partial charge in [-0.2, -0.15) is 0 Å². The summed E-state index contributed by atoms with van der Waals surface area (Å²) in [5, 5.41) is 9.91. The van der Waals surface area contributed by atoms with E-state index >= 15 is 0 Å². The molecule has 2 aromatic carbocycles. The van der Waals surface area contributed by atoms with E-state index in [9.17, 15) is 4.79 Å². The van der Waals surface area contributed by atoms with Gasteiger partial charge in [-0.05, 0) is 42.3 Å². The lowest BCUT2D eigenvalue weighted by Crippen LogP contribution is -2.36. The number of benzene rings is 2. The van der Waals surface area contributed by atoms with Gasteiger partial charge in [0.1, 0.15) is 0 Å². The molecule has 3 N–H and O–H groups in total. The second-order valence-corrected chi connectivity index (χ2v) is 6.57. The number of aliphatic imine (C=N–C) groups is 1. The van der Waals surface area contributed by atoms with Crippen LogP contribution in [0.5, 0.6) is 11.5 Å². The number of likely N-dealkylation sites (N-methyl/N-ethyl adjacent to an activating group) is 1. The van der Waals surface area contributed by atoms with E-state index in [0.29, 0.717) is 42.1 Å². The number of ether oxygens (including phenoxy) is 2.